The van der Waals surface area contributed by atoms with Crippen LogP contribution < -0.4 is 10.1 Å². The Balaban J connectivity index is 1.71. The highest BCUT2D eigenvalue weighted by Crippen LogP contribution is 2.38. The van der Waals surface area contributed by atoms with E-state index >= 15 is 0 Å². The molecular weight excluding hydrogens is 418 g/mol. The van der Waals surface area contributed by atoms with Crippen LogP contribution in [-0.4, -0.2) is 33.3 Å². The van der Waals surface area contributed by atoms with Crippen molar-refractivity contribution in [3.05, 3.63) is 74.9 Å². The number of rotatable bonds is 5. The molecule has 1 aliphatic heterocycles. The van der Waals surface area contributed by atoms with Gasteiger partial charge in [0.1, 0.15) is 18.4 Å². The van der Waals surface area contributed by atoms with Crippen LogP contribution in [0.25, 0.3) is 0 Å². The number of benzene rings is 2. The molecule has 0 amide bonds. The summed E-state index contributed by atoms with van der Waals surface area (Å²) in [6.07, 6.45) is 0. The van der Waals surface area contributed by atoms with E-state index in [0.717, 1.165) is 16.7 Å². The lowest BCUT2D eigenvalue weighted by atomic mass is 9.89. The van der Waals surface area contributed by atoms with E-state index in [-0.39, 0.29) is 6.61 Å². The van der Waals surface area contributed by atoms with Crippen molar-refractivity contribution in [2.45, 2.75) is 33.4 Å². The fourth-order valence-electron chi connectivity index (χ4n) is 3.86. The van der Waals surface area contributed by atoms with Gasteiger partial charge in [-0.1, -0.05) is 41.0 Å². The lowest BCUT2D eigenvalue weighted by Crippen LogP contribution is -2.30. The molecule has 4 rings (SSSR count). The highest BCUT2D eigenvalue weighted by Gasteiger charge is 2.36. The molecule has 0 saturated heterocycles. The fraction of sp³-hybridized carbons (Fsp3) is 0.273. The molecule has 1 atom stereocenters. The summed E-state index contributed by atoms with van der Waals surface area (Å²) in [5.74, 6) is 0.568. The van der Waals surface area contributed by atoms with Crippen molar-refractivity contribution in [1.82, 2.24) is 20.2 Å². The van der Waals surface area contributed by atoms with Crippen LogP contribution in [0.15, 0.2) is 47.7 Å². The van der Waals surface area contributed by atoms with Crippen molar-refractivity contribution in [3.8, 4) is 5.75 Å². The number of carbonyl (C=O) groups excluding carboxylic acids is 1. The Kier molecular flexibility index (Phi) is 5.65. The number of allylic oxidation sites excluding steroid dienone is 1. The molecule has 8 nitrogen and oxygen atoms in total. The van der Waals surface area contributed by atoms with Gasteiger partial charge in [-0.15, -0.1) is 0 Å². The van der Waals surface area contributed by atoms with E-state index in [0.29, 0.717) is 33.6 Å². The van der Waals surface area contributed by atoms with Gasteiger partial charge in [0.2, 0.25) is 5.95 Å². The summed E-state index contributed by atoms with van der Waals surface area (Å²) in [7, 11) is 1.55. The molecule has 0 spiro atoms. The number of halogens is 1. The van der Waals surface area contributed by atoms with E-state index in [9.17, 15) is 4.79 Å². The zero-order valence-electron chi connectivity index (χ0n) is 17.6. The van der Waals surface area contributed by atoms with Crippen molar-refractivity contribution in [1.29, 1.82) is 0 Å². The highest BCUT2D eigenvalue weighted by atomic mass is 35.5. The second kappa shape index (κ2) is 8.39. The van der Waals surface area contributed by atoms with Gasteiger partial charge in [0.25, 0.3) is 0 Å². The van der Waals surface area contributed by atoms with Crippen molar-refractivity contribution in [2.75, 3.05) is 12.4 Å². The number of carbonyl (C=O) groups is 1. The molecule has 0 aliphatic carbocycles. The molecule has 9 heteroatoms. The van der Waals surface area contributed by atoms with E-state index in [1.54, 1.807) is 30.0 Å². The Morgan fingerprint density at radius 3 is 2.65 bits per heavy atom. The second-order valence-electron chi connectivity index (χ2n) is 7.35. The molecule has 0 fully saturated rings. The maximum atomic E-state index is 13.3. The van der Waals surface area contributed by atoms with Crippen LogP contribution in [-0.2, 0) is 16.1 Å². The van der Waals surface area contributed by atoms with Gasteiger partial charge in [0.15, 0.2) is 0 Å². The Labute approximate surface area is 184 Å². The molecule has 0 bridgehead atoms. The molecule has 0 saturated carbocycles. The molecule has 31 heavy (non-hydrogen) atoms. The van der Waals surface area contributed by atoms with Crippen molar-refractivity contribution in [3.63, 3.8) is 0 Å². The SMILES string of the molecule is COc1cc(Cl)ccc1COC(=O)C1=C(C)Nc2nnnn2C1c1c(C)cccc1C. The highest BCUT2D eigenvalue weighted by molar-refractivity contribution is 6.30. The molecule has 0 radical (unpaired) electrons. The average Bonchev–Trinajstić information content (AvgIpc) is 3.20. The number of nitrogens with zero attached hydrogens (tertiary/aromatic N) is 4. The van der Waals surface area contributed by atoms with E-state index in [4.69, 9.17) is 21.1 Å². The summed E-state index contributed by atoms with van der Waals surface area (Å²) in [6, 6.07) is 10.7. The Hall–Kier alpha value is -3.39. The third kappa shape index (κ3) is 3.86. The lowest BCUT2D eigenvalue weighted by molar-refractivity contribution is -0.140. The summed E-state index contributed by atoms with van der Waals surface area (Å²) >= 11 is 6.03. The summed E-state index contributed by atoms with van der Waals surface area (Å²) in [5, 5.41) is 15.6. The van der Waals surface area contributed by atoms with Gasteiger partial charge in [-0.25, -0.2) is 4.79 Å². The predicted octanol–water partition coefficient (Wildman–Crippen LogP) is 3.98. The van der Waals surface area contributed by atoms with Gasteiger partial charge >= 0.3 is 5.97 Å². The van der Waals surface area contributed by atoms with Crippen LogP contribution in [0, 0.1) is 13.8 Å². The number of ether oxygens (including phenoxy) is 2. The van der Waals surface area contributed by atoms with Crippen molar-refractivity contribution < 1.29 is 14.3 Å². The minimum atomic E-state index is -0.507. The maximum Gasteiger partial charge on any atom is 0.338 e. The Morgan fingerprint density at radius 1 is 1.19 bits per heavy atom. The number of methoxy groups -OCH3 is 1. The van der Waals surface area contributed by atoms with Crippen molar-refractivity contribution >= 4 is 23.5 Å². The normalized spacial score (nSPS) is 15.3. The first-order valence-electron chi connectivity index (χ1n) is 9.72. The molecule has 2 aromatic carbocycles. The third-order valence-electron chi connectivity index (χ3n) is 5.36. The Morgan fingerprint density at radius 2 is 1.94 bits per heavy atom. The number of hydrogen-bond acceptors (Lipinski definition) is 7. The summed E-state index contributed by atoms with van der Waals surface area (Å²) in [6.45, 7) is 5.87. The third-order valence-corrected chi connectivity index (χ3v) is 5.59. The number of anilines is 1. The number of nitrogens with one attached hydrogen (secondary N) is 1. The smallest absolute Gasteiger partial charge is 0.338 e. The zero-order chi connectivity index (χ0) is 22.1. The molecule has 1 aromatic heterocycles. The minimum Gasteiger partial charge on any atom is -0.496 e. The monoisotopic (exact) mass is 439 g/mol. The first kappa shape index (κ1) is 20.9. The molecule has 1 aliphatic rings. The molecular formula is C22H22ClN5O3. The Bertz CT molecular complexity index is 1170. The van der Waals surface area contributed by atoms with E-state index in [1.165, 1.54) is 0 Å². The minimum absolute atomic E-state index is 0.0396. The van der Waals surface area contributed by atoms with Gasteiger partial charge < -0.3 is 14.8 Å². The molecule has 160 valence electrons. The number of esters is 1. The van der Waals surface area contributed by atoms with E-state index in [1.807, 2.05) is 39.0 Å². The average molecular weight is 440 g/mol. The quantitative estimate of drug-likeness (QED) is 0.601. The molecule has 2 heterocycles. The van der Waals surface area contributed by atoms with Gasteiger partial charge in [0, 0.05) is 16.3 Å². The number of fused-ring (bicyclic) bond motifs is 1. The van der Waals surface area contributed by atoms with Crippen LogP contribution in [0.5, 0.6) is 5.75 Å². The number of aromatic nitrogens is 4. The number of tetrazole rings is 1. The van der Waals surface area contributed by atoms with Crippen LogP contribution >= 0.6 is 11.6 Å². The lowest BCUT2D eigenvalue weighted by Gasteiger charge is -2.29. The predicted molar refractivity (Wildman–Crippen MR) is 116 cm³/mol. The number of hydrogen-bond donors (Lipinski definition) is 1. The molecule has 1 unspecified atom stereocenters. The van der Waals surface area contributed by atoms with Gasteiger partial charge in [0.05, 0.1) is 12.7 Å². The van der Waals surface area contributed by atoms with Gasteiger partial charge in [-0.2, -0.15) is 4.68 Å². The van der Waals surface area contributed by atoms with Crippen LogP contribution in [0.2, 0.25) is 5.02 Å². The summed E-state index contributed by atoms with van der Waals surface area (Å²) in [4.78, 5) is 13.3. The van der Waals surface area contributed by atoms with Gasteiger partial charge in [-0.3, -0.25) is 0 Å². The van der Waals surface area contributed by atoms with Crippen LogP contribution in [0.1, 0.15) is 35.2 Å². The summed E-state index contributed by atoms with van der Waals surface area (Å²) in [5.41, 5.74) is 4.84. The van der Waals surface area contributed by atoms with Gasteiger partial charge in [-0.05, 0) is 60.0 Å². The van der Waals surface area contributed by atoms with Crippen LogP contribution in [0.3, 0.4) is 0 Å². The standard InChI is InChI=1S/C22H22ClN5O3/c1-12-6-5-7-13(2)18(12)20-19(14(3)24-22-25-26-27-28(20)22)21(29)31-11-15-8-9-16(23)10-17(15)30-4/h5-10,20H,11H2,1-4H3,(H,24,25,27). The first-order valence-corrected chi connectivity index (χ1v) is 10.1. The molecule has 1 N–H and O–H groups in total. The van der Waals surface area contributed by atoms with Crippen LogP contribution in [0.4, 0.5) is 5.95 Å². The van der Waals surface area contributed by atoms with Crippen molar-refractivity contribution in [2.24, 2.45) is 0 Å². The number of aryl methyl sites for hydroxylation is 2. The van der Waals surface area contributed by atoms with E-state index in [2.05, 4.69) is 20.8 Å². The largest absolute Gasteiger partial charge is 0.496 e. The fourth-order valence-corrected chi connectivity index (χ4v) is 4.02. The second-order valence-corrected chi connectivity index (χ2v) is 7.79. The first-order chi connectivity index (χ1) is 14.9. The molecule has 3 aromatic rings. The zero-order valence-corrected chi connectivity index (χ0v) is 18.4. The summed E-state index contributed by atoms with van der Waals surface area (Å²) < 4.78 is 12.7. The maximum absolute atomic E-state index is 13.3. The van der Waals surface area contributed by atoms with E-state index < -0.39 is 12.0 Å². The topological polar surface area (TPSA) is 91.2 Å².